The Bertz CT molecular complexity index is 1140. The zero-order valence-electron chi connectivity index (χ0n) is 17.6. The van der Waals surface area contributed by atoms with E-state index in [1.165, 1.54) is 13.3 Å². The van der Waals surface area contributed by atoms with Crippen molar-refractivity contribution >= 4 is 39.9 Å². The van der Waals surface area contributed by atoms with Crippen LogP contribution >= 0.6 is 15.9 Å². The number of halogens is 1. The van der Waals surface area contributed by atoms with Crippen LogP contribution in [0.25, 0.3) is 0 Å². The maximum absolute atomic E-state index is 12.1. The third-order valence-electron chi connectivity index (χ3n) is 4.34. The SMILES string of the molecule is COc1ccc(C(=O)NCC(=O)N/N=C\c2ccc(OC(=O)c3ccc(Br)cc3)cc2)cc1. The summed E-state index contributed by atoms with van der Waals surface area (Å²) in [5, 5.41) is 6.37. The second kappa shape index (κ2) is 11.6. The highest BCUT2D eigenvalue weighted by Crippen LogP contribution is 2.16. The summed E-state index contributed by atoms with van der Waals surface area (Å²) in [6.07, 6.45) is 1.43. The lowest BCUT2D eigenvalue weighted by Crippen LogP contribution is -2.34. The van der Waals surface area contributed by atoms with Gasteiger partial charge in [0.25, 0.3) is 11.8 Å². The molecule has 0 atom stereocenters. The zero-order valence-corrected chi connectivity index (χ0v) is 19.2. The molecule has 8 nitrogen and oxygen atoms in total. The predicted molar refractivity (Wildman–Crippen MR) is 127 cm³/mol. The Kier molecular flexibility index (Phi) is 8.31. The first kappa shape index (κ1) is 23.7. The molecule has 3 rings (SSSR count). The van der Waals surface area contributed by atoms with Crippen LogP contribution < -0.4 is 20.2 Å². The molecule has 2 amide bonds. The van der Waals surface area contributed by atoms with E-state index in [0.29, 0.717) is 28.2 Å². The standard InChI is InChI=1S/C24H20BrN3O5/c1-32-20-12-6-17(7-13-20)23(30)26-15-22(29)28-27-14-16-2-10-21(11-3-16)33-24(31)18-4-8-19(25)9-5-18/h2-14H,15H2,1H3,(H,26,30)(H,28,29)/b27-14-. The number of benzene rings is 3. The minimum Gasteiger partial charge on any atom is -0.497 e. The van der Waals surface area contributed by atoms with Gasteiger partial charge in [0.15, 0.2) is 0 Å². The third-order valence-corrected chi connectivity index (χ3v) is 4.86. The number of amides is 2. The molecule has 0 saturated heterocycles. The van der Waals surface area contributed by atoms with Crippen LogP contribution in [0.15, 0.2) is 82.4 Å². The molecule has 0 radical (unpaired) electrons. The Morgan fingerprint density at radius 1 is 0.879 bits per heavy atom. The van der Waals surface area contributed by atoms with Gasteiger partial charge in [-0.25, -0.2) is 10.2 Å². The highest BCUT2D eigenvalue weighted by atomic mass is 79.9. The fourth-order valence-electron chi connectivity index (χ4n) is 2.60. The molecule has 3 aromatic rings. The van der Waals surface area contributed by atoms with Crippen LogP contribution in [-0.4, -0.2) is 37.7 Å². The quantitative estimate of drug-likeness (QED) is 0.209. The molecule has 0 unspecified atom stereocenters. The molecule has 168 valence electrons. The number of hydrazone groups is 1. The minimum absolute atomic E-state index is 0.229. The molecule has 0 aliphatic rings. The average Bonchev–Trinajstić information content (AvgIpc) is 2.84. The molecular formula is C24H20BrN3O5. The van der Waals surface area contributed by atoms with Crippen LogP contribution in [0.3, 0.4) is 0 Å². The topological polar surface area (TPSA) is 106 Å². The van der Waals surface area contributed by atoms with Crippen molar-refractivity contribution < 1.29 is 23.9 Å². The van der Waals surface area contributed by atoms with Gasteiger partial charge in [0.05, 0.1) is 25.4 Å². The Balaban J connectivity index is 1.43. The number of methoxy groups -OCH3 is 1. The van der Waals surface area contributed by atoms with Gasteiger partial charge in [-0.3, -0.25) is 9.59 Å². The van der Waals surface area contributed by atoms with Gasteiger partial charge in [0.1, 0.15) is 11.5 Å². The van der Waals surface area contributed by atoms with Crippen LogP contribution in [-0.2, 0) is 4.79 Å². The van der Waals surface area contributed by atoms with Crippen LogP contribution in [0.5, 0.6) is 11.5 Å². The molecule has 0 saturated carbocycles. The van der Waals surface area contributed by atoms with Gasteiger partial charge in [0.2, 0.25) is 0 Å². The lowest BCUT2D eigenvalue weighted by atomic mass is 10.2. The Hall–Kier alpha value is -3.98. The summed E-state index contributed by atoms with van der Waals surface area (Å²) in [7, 11) is 1.54. The number of carbonyl (C=O) groups excluding carboxylic acids is 3. The van der Waals surface area contributed by atoms with Gasteiger partial charge in [-0.1, -0.05) is 15.9 Å². The molecule has 0 aliphatic carbocycles. The lowest BCUT2D eigenvalue weighted by molar-refractivity contribution is -0.120. The number of carbonyl (C=O) groups is 3. The van der Waals surface area contributed by atoms with Crippen molar-refractivity contribution in [3.8, 4) is 11.5 Å². The van der Waals surface area contributed by atoms with Crippen LogP contribution in [0.4, 0.5) is 0 Å². The number of nitrogens with zero attached hydrogens (tertiary/aromatic N) is 1. The van der Waals surface area contributed by atoms with E-state index in [4.69, 9.17) is 9.47 Å². The summed E-state index contributed by atoms with van der Waals surface area (Å²) in [5.41, 5.74) is 3.86. The summed E-state index contributed by atoms with van der Waals surface area (Å²) in [6.45, 7) is -0.229. The van der Waals surface area contributed by atoms with Gasteiger partial charge in [-0.15, -0.1) is 0 Å². The van der Waals surface area contributed by atoms with Crippen molar-refractivity contribution in [1.29, 1.82) is 0 Å². The molecular weight excluding hydrogens is 490 g/mol. The molecule has 2 N–H and O–H groups in total. The molecule has 0 spiro atoms. The first-order valence-electron chi connectivity index (χ1n) is 9.76. The number of esters is 1. The number of hydrogen-bond acceptors (Lipinski definition) is 6. The smallest absolute Gasteiger partial charge is 0.343 e. The van der Waals surface area contributed by atoms with Gasteiger partial charge >= 0.3 is 5.97 Å². The predicted octanol–water partition coefficient (Wildman–Crippen LogP) is 3.56. The van der Waals surface area contributed by atoms with E-state index in [1.54, 1.807) is 72.8 Å². The molecule has 0 bridgehead atoms. The lowest BCUT2D eigenvalue weighted by Gasteiger charge is -2.05. The largest absolute Gasteiger partial charge is 0.497 e. The van der Waals surface area contributed by atoms with Crippen molar-refractivity contribution in [1.82, 2.24) is 10.7 Å². The number of hydrogen-bond donors (Lipinski definition) is 2. The van der Waals surface area contributed by atoms with Crippen molar-refractivity contribution in [3.63, 3.8) is 0 Å². The molecule has 3 aromatic carbocycles. The first-order valence-corrected chi connectivity index (χ1v) is 10.6. The average molecular weight is 510 g/mol. The van der Waals surface area contributed by atoms with E-state index in [9.17, 15) is 14.4 Å². The summed E-state index contributed by atoms with van der Waals surface area (Å²) in [4.78, 5) is 36.1. The fraction of sp³-hybridized carbons (Fsp3) is 0.0833. The number of nitrogens with one attached hydrogen (secondary N) is 2. The van der Waals surface area contributed by atoms with Crippen molar-refractivity contribution in [3.05, 3.63) is 94.0 Å². The second-order valence-corrected chi connectivity index (χ2v) is 7.59. The number of rotatable bonds is 8. The van der Waals surface area contributed by atoms with Crippen LogP contribution in [0.2, 0.25) is 0 Å². The van der Waals surface area contributed by atoms with E-state index in [-0.39, 0.29) is 12.5 Å². The first-order chi connectivity index (χ1) is 15.9. The molecule has 0 fully saturated rings. The summed E-state index contributed by atoms with van der Waals surface area (Å²) in [6, 6.07) is 20.0. The molecule has 0 aromatic heterocycles. The zero-order chi connectivity index (χ0) is 23.6. The maximum Gasteiger partial charge on any atom is 0.343 e. The summed E-state index contributed by atoms with van der Waals surface area (Å²) in [5.74, 6) is -0.314. The van der Waals surface area contributed by atoms with E-state index in [2.05, 4.69) is 31.8 Å². The monoisotopic (exact) mass is 509 g/mol. The molecule has 33 heavy (non-hydrogen) atoms. The van der Waals surface area contributed by atoms with E-state index in [1.807, 2.05) is 0 Å². The molecule has 9 heteroatoms. The normalized spacial score (nSPS) is 10.5. The number of ether oxygens (including phenoxy) is 2. The second-order valence-electron chi connectivity index (χ2n) is 6.67. The van der Waals surface area contributed by atoms with Crippen LogP contribution in [0, 0.1) is 0 Å². The Labute approximate surface area is 198 Å². The van der Waals surface area contributed by atoms with E-state index < -0.39 is 11.9 Å². The maximum atomic E-state index is 12.1. The highest BCUT2D eigenvalue weighted by Gasteiger charge is 2.09. The minimum atomic E-state index is -0.479. The molecule has 0 heterocycles. The van der Waals surface area contributed by atoms with Crippen molar-refractivity contribution in [2.24, 2.45) is 5.10 Å². The van der Waals surface area contributed by atoms with E-state index >= 15 is 0 Å². The Morgan fingerprint density at radius 2 is 1.48 bits per heavy atom. The third kappa shape index (κ3) is 7.29. The van der Waals surface area contributed by atoms with Gasteiger partial charge in [0, 0.05) is 10.0 Å². The van der Waals surface area contributed by atoms with E-state index in [0.717, 1.165) is 4.47 Å². The van der Waals surface area contributed by atoms with Gasteiger partial charge in [-0.2, -0.15) is 5.10 Å². The van der Waals surface area contributed by atoms with Crippen molar-refractivity contribution in [2.75, 3.05) is 13.7 Å². The Morgan fingerprint density at radius 3 is 2.12 bits per heavy atom. The fourth-order valence-corrected chi connectivity index (χ4v) is 2.86. The molecule has 0 aliphatic heterocycles. The van der Waals surface area contributed by atoms with Gasteiger partial charge < -0.3 is 14.8 Å². The summed E-state index contributed by atoms with van der Waals surface area (Å²) < 4.78 is 11.2. The van der Waals surface area contributed by atoms with Crippen LogP contribution in [0.1, 0.15) is 26.3 Å². The van der Waals surface area contributed by atoms with Crippen molar-refractivity contribution in [2.45, 2.75) is 0 Å². The highest BCUT2D eigenvalue weighted by molar-refractivity contribution is 9.10. The van der Waals surface area contributed by atoms with Gasteiger partial charge in [-0.05, 0) is 78.4 Å². The summed E-state index contributed by atoms with van der Waals surface area (Å²) >= 11 is 3.31.